The smallest absolute Gasteiger partial charge is 0.0950 e. The molecule has 1 aliphatic rings. The van der Waals surface area contributed by atoms with Gasteiger partial charge in [0.1, 0.15) is 0 Å². The lowest BCUT2D eigenvalue weighted by Gasteiger charge is -2.44. The minimum absolute atomic E-state index is 0.252. The fourth-order valence-electron chi connectivity index (χ4n) is 6.39. The highest BCUT2D eigenvalue weighted by Crippen LogP contribution is 2.38. The van der Waals surface area contributed by atoms with E-state index in [1.807, 2.05) is 24.5 Å². The van der Waals surface area contributed by atoms with Crippen molar-refractivity contribution in [2.45, 2.75) is 56.0 Å². The van der Waals surface area contributed by atoms with Crippen LogP contribution in [-0.2, 0) is 18.6 Å². The summed E-state index contributed by atoms with van der Waals surface area (Å²) in [7, 11) is 0. The van der Waals surface area contributed by atoms with Gasteiger partial charge < -0.3 is 10.6 Å². The van der Waals surface area contributed by atoms with Gasteiger partial charge in [0.15, 0.2) is 0 Å². The molecule has 0 amide bonds. The zero-order valence-electron chi connectivity index (χ0n) is 23.9. The molecule has 5 aromatic rings. The number of nitrogens with one attached hydrogen (secondary N) is 3. The van der Waals surface area contributed by atoms with Crippen molar-refractivity contribution in [3.63, 3.8) is 0 Å². The second-order valence-corrected chi connectivity index (χ2v) is 11.2. The normalized spacial score (nSPS) is 18.9. The quantitative estimate of drug-likeness (QED) is 0.169. The highest BCUT2D eigenvalue weighted by Gasteiger charge is 2.40. The molecule has 42 heavy (non-hydrogen) atoms. The number of aromatic nitrogens is 2. The van der Waals surface area contributed by atoms with E-state index in [0.29, 0.717) is 12.1 Å². The second-order valence-electron chi connectivity index (χ2n) is 11.2. The summed E-state index contributed by atoms with van der Waals surface area (Å²) in [5.41, 5.74) is 5.36. The monoisotopic (exact) mass is 553 g/mol. The van der Waals surface area contributed by atoms with E-state index in [0.717, 1.165) is 43.7 Å². The molecule has 212 valence electrons. The van der Waals surface area contributed by atoms with Crippen molar-refractivity contribution >= 4 is 0 Å². The lowest BCUT2D eigenvalue weighted by atomic mass is 9.75. The van der Waals surface area contributed by atoms with Gasteiger partial charge in [0.2, 0.25) is 0 Å². The zero-order valence-corrected chi connectivity index (χ0v) is 23.9. The first-order chi connectivity index (χ1) is 20.8. The Kier molecular flexibility index (Phi) is 9.11. The number of hydrogen-bond donors (Lipinski definition) is 3. The maximum atomic E-state index is 4.55. The van der Waals surface area contributed by atoms with Crippen molar-refractivity contribution in [1.82, 2.24) is 25.9 Å². The van der Waals surface area contributed by atoms with Crippen LogP contribution in [0.1, 0.15) is 47.3 Å². The average Bonchev–Trinajstić information content (AvgIpc) is 3.07. The van der Waals surface area contributed by atoms with Gasteiger partial charge >= 0.3 is 0 Å². The van der Waals surface area contributed by atoms with Gasteiger partial charge in [0, 0.05) is 43.6 Å². The van der Waals surface area contributed by atoms with Crippen LogP contribution in [0.4, 0.5) is 0 Å². The molecule has 6 rings (SSSR count). The summed E-state index contributed by atoms with van der Waals surface area (Å²) < 4.78 is 0. The third-order valence-corrected chi connectivity index (χ3v) is 8.34. The molecule has 0 spiro atoms. The molecular weight excluding hydrogens is 514 g/mol. The standard InChI is InChI=1S/C37H39N5/c1-4-14-29(15-5-1)37(30-16-6-2-7-17-30,31-18-8-3-9-19-31)42-36-25-34(40-27-32-20-10-12-22-38-32)24-35(26-36)41-28-33-21-11-13-23-39-33/h1-23,34-36,40-42H,24-28H2/t34-,35+,36?. The van der Waals surface area contributed by atoms with Crippen LogP contribution in [0.2, 0.25) is 0 Å². The average molecular weight is 554 g/mol. The number of rotatable bonds is 11. The minimum Gasteiger partial charge on any atom is -0.308 e. The third-order valence-electron chi connectivity index (χ3n) is 8.34. The van der Waals surface area contributed by atoms with Crippen LogP contribution < -0.4 is 16.0 Å². The van der Waals surface area contributed by atoms with Gasteiger partial charge in [-0.3, -0.25) is 15.3 Å². The van der Waals surface area contributed by atoms with Crippen LogP contribution >= 0.6 is 0 Å². The maximum Gasteiger partial charge on any atom is 0.0950 e. The summed E-state index contributed by atoms with van der Waals surface area (Å²) in [5, 5.41) is 11.9. The Balaban J connectivity index is 1.33. The van der Waals surface area contributed by atoms with Crippen molar-refractivity contribution in [2.24, 2.45) is 0 Å². The molecule has 3 N–H and O–H groups in total. The molecular formula is C37H39N5. The summed E-state index contributed by atoms with van der Waals surface area (Å²) in [6.45, 7) is 1.51. The van der Waals surface area contributed by atoms with Crippen LogP contribution in [0.25, 0.3) is 0 Å². The van der Waals surface area contributed by atoms with Gasteiger partial charge in [0.25, 0.3) is 0 Å². The Morgan fingerprint density at radius 1 is 0.476 bits per heavy atom. The van der Waals surface area contributed by atoms with E-state index in [4.69, 9.17) is 0 Å². The lowest BCUT2D eigenvalue weighted by molar-refractivity contribution is 0.223. The largest absolute Gasteiger partial charge is 0.308 e. The van der Waals surface area contributed by atoms with Gasteiger partial charge in [0.05, 0.1) is 16.9 Å². The topological polar surface area (TPSA) is 61.9 Å². The molecule has 5 heteroatoms. The lowest BCUT2D eigenvalue weighted by Crippen LogP contribution is -2.56. The molecule has 1 aliphatic carbocycles. The fourth-order valence-corrected chi connectivity index (χ4v) is 6.39. The summed E-state index contributed by atoms with van der Waals surface area (Å²) in [6.07, 6.45) is 6.82. The van der Waals surface area contributed by atoms with Crippen LogP contribution in [-0.4, -0.2) is 28.1 Å². The first-order valence-electron chi connectivity index (χ1n) is 15.0. The van der Waals surface area contributed by atoms with Gasteiger partial charge in [-0.15, -0.1) is 0 Å². The first-order valence-corrected chi connectivity index (χ1v) is 15.0. The van der Waals surface area contributed by atoms with Crippen LogP contribution in [0.15, 0.2) is 140 Å². The molecule has 0 aliphatic heterocycles. The number of pyridine rings is 2. The molecule has 2 aromatic heterocycles. The first kappa shape index (κ1) is 28.0. The van der Waals surface area contributed by atoms with Crippen LogP contribution in [0.5, 0.6) is 0 Å². The molecule has 3 atom stereocenters. The molecule has 2 heterocycles. The number of nitrogens with zero attached hydrogens (tertiary/aromatic N) is 2. The molecule has 0 saturated heterocycles. The summed E-state index contributed by atoms with van der Waals surface area (Å²) in [5.74, 6) is 0. The van der Waals surface area contributed by atoms with E-state index in [2.05, 4.69) is 141 Å². The molecule has 5 nitrogen and oxygen atoms in total. The zero-order chi connectivity index (χ0) is 28.5. The molecule has 1 fully saturated rings. The van der Waals surface area contributed by atoms with E-state index in [1.165, 1.54) is 16.7 Å². The maximum absolute atomic E-state index is 4.55. The molecule has 0 radical (unpaired) electrons. The van der Waals surface area contributed by atoms with Crippen LogP contribution in [0, 0.1) is 0 Å². The summed E-state index contributed by atoms with van der Waals surface area (Å²) >= 11 is 0. The van der Waals surface area contributed by atoms with Gasteiger partial charge in [-0.25, -0.2) is 0 Å². The van der Waals surface area contributed by atoms with Crippen molar-refractivity contribution in [1.29, 1.82) is 0 Å². The predicted molar refractivity (Wildman–Crippen MR) is 170 cm³/mol. The van der Waals surface area contributed by atoms with E-state index in [-0.39, 0.29) is 6.04 Å². The third kappa shape index (κ3) is 6.66. The predicted octanol–water partition coefficient (Wildman–Crippen LogP) is 6.23. The molecule has 1 saturated carbocycles. The molecule has 1 unspecified atom stereocenters. The van der Waals surface area contributed by atoms with E-state index in [1.54, 1.807) is 0 Å². The second kappa shape index (κ2) is 13.7. The highest BCUT2D eigenvalue weighted by atomic mass is 15.1. The Bertz CT molecular complexity index is 1330. The SMILES string of the molecule is c1ccc(C(NC2C[C@@H](NCc3ccccn3)C[C@@H](NCc3ccccn3)C2)(c2ccccc2)c2ccccc2)cc1. The Hall–Kier alpha value is -4.16. The van der Waals surface area contributed by atoms with Crippen LogP contribution in [0.3, 0.4) is 0 Å². The Morgan fingerprint density at radius 2 is 0.857 bits per heavy atom. The van der Waals surface area contributed by atoms with E-state index < -0.39 is 5.54 Å². The number of hydrogen-bond acceptors (Lipinski definition) is 5. The van der Waals surface area contributed by atoms with E-state index in [9.17, 15) is 0 Å². The minimum atomic E-state index is -0.497. The number of benzene rings is 3. The van der Waals surface area contributed by atoms with Crippen molar-refractivity contribution in [2.75, 3.05) is 0 Å². The van der Waals surface area contributed by atoms with Crippen molar-refractivity contribution in [3.8, 4) is 0 Å². The van der Waals surface area contributed by atoms with Gasteiger partial charge in [-0.1, -0.05) is 103 Å². The fraction of sp³-hybridized carbons (Fsp3) is 0.243. The summed E-state index contributed by atoms with van der Waals surface area (Å²) in [4.78, 5) is 9.11. The van der Waals surface area contributed by atoms with E-state index >= 15 is 0 Å². The summed E-state index contributed by atoms with van der Waals surface area (Å²) in [6, 6.07) is 45.8. The molecule has 0 bridgehead atoms. The highest BCUT2D eigenvalue weighted by molar-refractivity contribution is 5.49. The Labute approximate surface area is 249 Å². The van der Waals surface area contributed by atoms with Crippen molar-refractivity contribution in [3.05, 3.63) is 168 Å². The van der Waals surface area contributed by atoms with Crippen molar-refractivity contribution < 1.29 is 0 Å². The van der Waals surface area contributed by atoms with Gasteiger partial charge in [-0.2, -0.15) is 0 Å². The van der Waals surface area contributed by atoms with Gasteiger partial charge in [-0.05, 0) is 60.2 Å². The molecule has 3 aromatic carbocycles. The Morgan fingerprint density at radius 3 is 1.24 bits per heavy atom.